The highest BCUT2D eigenvalue weighted by Gasteiger charge is 2.23. The van der Waals surface area contributed by atoms with E-state index in [1.807, 2.05) is 24.3 Å². The maximum Gasteiger partial charge on any atom is 0.262 e. The molecule has 1 aromatic carbocycles. The molecule has 1 amide bonds. The summed E-state index contributed by atoms with van der Waals surface area (Å²) in [7, 11) is 0. The number of aromatic nitrogens is 4. The number of allylic oxidation sites excluding steroid dienone is 1. The molecule has 0 bridgehead atoms. The Balaban J connectivity index is 1.50. The molecule has 9 nitrogen and oxygen atoms in total. The summed E-state index contributed by atoms with van der Waals surface area (Å²) < 4.78 is 3.32. The van der Waals surface area contributed by atoms with Crippen LogP contribution in [-0.2, 0) is 0 Å². The predicted molar refractivity (Wildman–Crippen MR) is 121 cm³/mol. The van der Waals surface area contributed by atoms with Crippen molar-refractivity contribution < 1.29 is 4.79 Å². The second-order valence-corrected chi connectivity index (χ2v) is 7.76. The molecule has 1 saturated heterocycles. The summed E-state index contributed by atoms with van der Waals surface area (Å²) in [5.41, 5.74) is 2.68. The Morgan fingerprint density at radius 1 is 1.22 bits per heavy atom. The molecule has 160 valence electrons. The molecule has 0 spiro atoms. The third-order valence-corrected chi connectivity index (χ3v) is 5.68. The number of nitrogens with zero attached hydrogens (tertiary/aromatic N) is 6. The number of anilines is 1. The van der Waals surface area contributed by atoms with Gasteiger partial charge in [-0.25, -0.2) is 14.4 Å². The minimum absolute atomic E-state index is 0.301. The van der Waals surface area contributed by atoms with E-state index in [-0.39, 0.29) is 5.91 Å². The van der Waals surface area contributed by atoms with E-state index in [0.29, 0.717) is 35.1 Å². The lowest BCUT2D eigenvalue weighted by molar-refractivity contribution is 0.102. The van der Waals surface area contributed by atoms with E-state index < -0.39 is 0 Å². The number of amides is 1. The van der Waals surface area contributed by atoms with E-state index in [1.165, 1.54) is 6.20 Å². The molecule has 0 unspecified atom stereocenters. The fraction of sp³-hybridized carbons (Fsp3) is 0.261. The van der Waals surface area contributed by atoms with Gasteiger partial charge in [-0.15, -0.1) is 0 Å². The van der Waals surface area contributed by atoms with Crippen LogP contribution in [0.25, 0.3) is 11.9 Å². The summed E-state index contributed by atoms with van der Waals surface area (Å²) in [6.45, 7) is 1.90. The third-order valence-electron chi connectivity index (χ3n) is 5.68. The molecule has 0 atom stereocenters. The quantitative estimate of drug-likeness (QED) is 0.665. The van der Waals surface area contributed by atoms with Crippen LogP contribution in [0.3, 0.4) is 0 Å². The first-order valence-corrected chi connectivity index (χ1v) is 10.6. The van der Waals surface area contributed by atoms with Crippen LogP contribution < -0.4 is 10.6 Å². The van der Waals surface area contributed by atoms with Crippen molar-refractivity contribution in [3.63, 3.8) is 0 Å². The molecule has 0 saturated carbocycles. The highest BCUT2D eigenvalue weighted by atomic mass is 16.1. The van der Waals surface area contributed by atoms with Crippen LogP contribution in [0.1, 0.15) is 46.8 Å². The number of carbonyl (C=O) groups is 1. The number of benzene rings is 1. The normalized spacial score (nSPS) is 15.7. The van der Waals surface area contributed by atoms with Gasteiger partial charge >= 0.3 is 0 Å². The average molecular weight is 426 g/mol. The van der Waals surface area contributed by atoms with Crippen LogP contribution in [0.15, 0.2) is 47.6 Å². The zero-order chi connectivity index (χ0) is 21.9. The number of nitrogens with one attached hydrogen (secondary N) is 2. The molecule has 0 radical (unpaired) electrons. The van der Waals surface area contributed by atoms with E-state index in [0.717, 1.165) is 37.3 Å². The van der Waals surface area contributed by atoms with Crippen molar-refractivity contribution in [3.05, 3.63) is 59.4 Å². The molecule has 3 aromatic rings. The van der Waals surface area contributed by atoms with Gasteiger partial charge in [-0.3, -0.25) is 4.79 Å². The number of aliphatic imine (C=N–C) groups is 1. The fourth-order valence-corrected chi connectivity index (χ4v) is 3.98. The van der Waals surface area contributed by atoms with E-state index in [1.54, 1.807) is 33.9 Å². The van der Waals surface area contributed by atoms with Crippen LogP contribution >= 0.6 is 0 Å². The minimum Gasteiger partial charge on any atom is -0.317 e. The van der Waals surface area contributed by atoms with Crippen molar-refractivity contribution >= 4 is 30.0 Å². The van der Waals surface area contributed by atoms with Crippen LogP contribution in [0.4, 0.5) is 11.6 Å². The molecule has 2 N–H and O–H groups in total. The Bertz CT molecular complexity index is 1240. The van der Waals surface area contributed by atoms with E-state index in [2.05, 4.69) is 26.8 Å². The van der Waals surface area contributed by atoms with Gasteiger partial charge in [0.2, 0.25) is 0 Å². The monoisotopic (exact) mass is 426 g/mol. The number of rotatable bonds is 4. The molecule has 32 heavy (non-hydrogen) atoms. The highest BCUT2D eigenvalue weighted by Crippen LogP contribution is 2.29. The Labute approximate surface area is 185 Å². The molecule has 0 aliphatic carbocycles. The van der Waals surface area contributed by atoms with Gasteiger partial charge in [0.05, 0.1) is 29.2 Å². The molecule has 1 fully saturated rings. The largest absolute Gasteiger partial charge is 0.317 e. The van der Waals surface area contributed by atoms with Crippen molar-refractivity contribution in [3.8, 4) is 11.8 Å². The number of piperidine rings is 1. The minimum atomic E-state index is -0.301. The van der Waals surface area contributed by atoms with Gasteiger partial charge in [0.1, 0.15) is 11.4 Å². The Kier molecular flexibility index (Phi) is 5.35. The summed E-state index contributed by atoms with van der Waals surface area (Å²) >= 11 is 0. The molecular weight excluding hydrogens is 404 g/mol. The molecule has 5 rings (SSSR count). The predicted octanol–water partition coefficient (Wildman–Crippen LogP) is 3.24. The molecule has 4 heterocycles. The van der Waals surface area contributed by atoms with Gasteiger partial charge in [0.15, 0.2) is 5.82 Å². The number of hydrogen-bond acceptors (Lipinski definition) is 6. The molecule has 2 aromatic heterocycles. The van der Waals surface area contributed by atoms with Crippen molar-refractivity contribution in [1.29, 1.82) is 5.26 Å². The topological polar surface area (TPSA) is 113 Å². The van der Waals surface area contributed by atoms with Gasteiger partial charge < -0.3 is 10.6 Å². The van der Waals surface area contributed by atoms with Crippen molar-refractivity contribution in [2.45, 2.75) is 25.2 Å². The first kappa shape index (κ1) is 19.9. The van der Waals surface area contributed by atoms with Crippen molar-refractivity contribution in [1.82, 2.24) is 24.9 Å². The fourth-order valence-electron chi connectivity index (χ4n) is 3.98. The number of carbonyl (C=O) groups excluding carboxylic acids is 1. The average Bonchev–Trinajstić information content (AvgIpc) is 3.37. The lowest BCUT2D eigenvalue weighted by Crippen LogP contribution is -2.26. The Hall–Kier alpha value is -4.03. The van der Waals surface area contributed by atoms with Gasteiger partial charge in [-0.1, -0.05) is 6.08 Å². The van der Waals surface area contributed by atoms with E-state index in [9.17, 15) is 4.79 Å². The molecular formula is C23H22N8O. The van der Waals surface area contributed by atoms with Gasteiger partial charge in [-0.2, -0.15) is 15.5 Å². The standard InChI is InChI=1S/C23H22N8O/c24-14-16-3-5-18(6-4-16)31-21(13-20(29-31)17-7-10-25-11-8-17)28-23(32)19-15-27-30-12-2-1-9-26-22(19)30/h2-6,9,12-13,15,17,25H,1,7-8,10-11H2,(H,28,32). The zero-order valence-corrected chi connectivity index (χ0v) is 17.4. The Morgan fingerprint density at radius 3 is 2.81 bits per heavy atom. The summed E-state index contributed by atoms with van der Waals surface area (Å²) in [4.78, 5) is 17.6. The van der Waals surface area contributed by atoms with Crippen LogP contribution in [0.2, 0.25) is 0 Å². The summed E-state index contributed by atoms with van der Waals surface area (Å²) in [5, 5.41) is 24.6. The third kappa shape index (κ3) is 3.84. The van der Waals surface area contributed by atoms with Gasteiger partial charge in [0, 0.05) is 30.8 Å². The highest BCUT2D eigenvalue weighted by molar-refractivity contribution is 6.07. The second kappa shape index (κ2) is 8.61. The summed E-state index contributed by atoms with van der Waals surface area (Å²) in [5.74, 6) is 1.10. The summed E-state index contributed by atoms with van der Waals surface area (Å²) in [6, 6.07) is 11.2. The van der Waals surface area contributed by atoms with Crippen molar-refractivity contribution in [2.24, 2.45) is 4.99 Å². The van der Waals surface area contributed by atoms with Crippen LogP contribution in [-0.4, -0.2) is 44.8 Å². The van der Waals surface area contributed by atoms with Crippen LogP contribution in [0.5, 0.6) is 0 Å². The maximum atomic E-state index is 13.2. The summed E-state index contributed by atoms with van der Waals surface area (Å²) in [6.07, 6.45) is 9.69. The molecule has 9 heteroatoms. The lowest BCUT2D eigenvalue weighted by atomic mass is 9.95. The lowest BCUT2D eigenvalue weighted by Gasteiger charge is -2.20. The van der Waals surface area contributed by atoms with E-state index >= 15 is 0 Å². The first-order chi connectivity index (χ1) is 15.7. The second-order valence-electron chi connectivity index (χ2n) is 7.76. The zero-order valence-electron chi connectivity index (χ0n) is 17.4. The number of nitriles is 1. The SMILES string of the molecule is N#Cc1ccc(-n2nc(C3CCNCC3)cc2NC(=O)c2cnn3c2N=CCC=C3)cc1. The van der Waals surface area contributed by atoms with Gasteiger partial charge in [-0.05, 0) is 50.2 Å². The maximum absolute atomic E-state index is 13.2. The van der Waals surface area contributed by atoms with Crippen LogP contribution in [0, 0.1) is 11.3 Å². The smallest absolute Gasteiger partial charge is 0.262 e. The Morgan fingerprint density at radius 2 is 2.03 bits per heavy atom. The molecule has 2 aliphatic heterocycles. The van der Waals surface area contributed by atoms with Gasteiger partial charge in [0.25, 0.3) is 5.91 Å². The number of hydrogen-bond donors (Lipinski definition) is 2. The molecule has 2 aliphatic rings. The first-order valence-electron chi connectivity index (χ1n) is 10.6. The number of fused-ring (bicyclic) bond motifs is 1. The van der Waals surface area contributed by atoms with E-state index in [4.69, 9.17) is 10.4 Å². The van der Waals surface area contributed by atoms with Crippen molar-refractivity contribution in [2.75, 3.05) is 18.4 Å².